The number of nitrogens with one attached hydrogen (secondary N) is 1. The fraction of sp³-hybridized carbons (Fsp3) is 0.435. The van der Waals surface area contributed by atoms with Crippen molar-refractivity contribution < 1.29 is 9.53 Å². The van der Waals surface area contributed by atoms with E-state index in [1.807, 2.05) is 57.1 Å². The Labute approximate surface area is 181 Å². The maximum atomic E-state index is 13.2. The molecule has 2 heterocycles. The van der Waals surface area contributed by atoms with Gasteiger partial charge in [-0.25, -0.2) is 4.79 Å². The van der Waals surface area contributed by atoms with Crippen LogP contribution in [0.3, 0.4) is 0 Å². The molecule has 2 atom stereocenters. The summed E-state index contributed by atoms with van der Waals surface area (Å²) < 4.78 is 7.98. The molecular weight excluding hydrogens is 396 g/mol. The van der Waals surface area contributed by atoms with Gasteiger partial charge in [0.1, 0.15) is 11.7 Å². The number of benzene rings is 1. The number of esters is 1. The van der Waals surface area contributed by atoms with Gasteiger partial charge in [-0.2, -0.15) is 0 Å². The highest BCUT2D eigenvalue weighted by atomic mass is 16.5. The van der Waals surface area contributed by atoms with Crippen LogP contribution in [0.1, 0.15) is 30.9 Å². The Kier molecular flexibility index (Phi) is 6.10. The number of hydrogen-bond acceptors (Lipinski definition) is 6. The van der Waals surface area contributed by atoms with Crippen molar-refractivity contribution in [2.24, 2.45) is 25.9 Å². The average Bonchev–Trinajstić information content (AvgIpc) is 2.73. The zero-order valence-electron chi connectivity index (χ0n) is 18.9. The van der Waals surface area contributed by atoms with Gasteiger partial charge in [0, 0.05) is 45.5 Å². The highest BCUT2D eigenvalue weighted by Crippen LogP contribution is 2.42. The summed E-state index contributed by atoms with van der Waals surface area (Å²) in [6.07, 6.45) is 0. The van der Waals surface area contributed by atoms with Gasteiger partial charge in [0.15, 0.2) is 0 Å². The molecule has 1 aliphatic heterocycles. The van der Waals surface area contributed by atoms with Gasteiger partial charge in [-0.15, -0.1) is 0 Å². The fourth-order valence-corrected chi connectivity index (χ4v) is 3.86. The quantitative estimate of drug-likeness (QED) is 0.737. The number of aromatic nitrogens is 2. The molecule has 0 bridgehead atoms. The molecule has 0 fully saturated rings. The van der Waals surface area contributed by atoms with Crippen LogP contribution < -0.4 is 21.5 Å². The molecule has 1 aromatic heterocycles. The Morgan fingerprint density at radius 2 is 1.77 bits per heavy atom. The van der Waals surface area contributed by atoms with E-state index in [4.69, 9.17) is 4.74 Å². The lowest BCUT2D eigenvalue weighted by molar-refractivity contribution is -0.148. The van der Waals surface area contributed by atoms with Crippen molar-refractivity contribution in [3.63, 3.8) is 0 Å². The molecule has 3 rings (SSSR count). The van der Waals surface area contributed by atoms with Crippen LogP contribution in [0.4, 0.5) is 11.5 Å². The lowest BCUT2D eigenvalue weighted by atomic mass is 9.77. The average molecular weight is 427 g/mol. The van der Waals surface area contributed by atoms with E-state index >= 15 is 0 Å². The first-order chi connectivity index (χ1) is 14.5. The largest absolute Gasteiger partial charge is 0.465 e. The zero-order chi connectivity index (χ0) is 23.0. The van der Waals surface area contributed by atoms with Crippen LogP contribution in [-0.2, 0) is 23.6 Å². The predicted molar refractivity (Wildman–Crippen MR) is 122 cm³/mol. The molecule has 1 N–H and O–H groups in total. The maximum absolute atomic E-state index is 13.2. The molecule has 0 radical (unpaired) electrons. The van der Waals surface area contributed by atoms with E-state index in [2.05, 4.69) is 11.9 Å². The van der Waals surface area contributed by atoms with Crippen molar-refractivity contribution in [1.82, 2.24) is 9.13 Å². The molecule has 8 nitrogen and oxygen atoms in total. The summed E-state index contributed by atoms with van der Waals surface area (Å²) in [5.74, 6) is -1.36. The summed E-state index contributed by atoms with van der Waals surface area (Å²) in [5, 5.41) is 3.03. The van der Waals surface area contributed by atoms with Gasteiger partial charge >= 0.3 is 11.7 Å². The van der Waals surface area contributed by atoms with E-state index in [1.165, 1.54) is 11.6 Å². The maximum Gasteiger partial charge on any atom is 0.332 e. The third-order valence-electron chi connectivity index (χ3n) is 5.58. The number of anilines is 2. The van der Waals surface area contributed by atoms with Gasteiger partial charge < -0.3 is 15.0 Å². The van der Waals surface area contributed by atoms with Crippen LogP contribution in [0.5, 0.6) is 0 Å². The second kappa shape index (κ2) is 8.45. The molecule has 2 aromatic rings. The monoisotopic (exact) mass is 426 g/mol. The van der Waals surface area contributed by atoms with Gasteiger partial charge in [-0.3, -0.25) is 18.7 Å². The lowest BCUT2D eigenvalue weighted by Crippen LogP contribution is -2.46. The van der Waals surface area contributed by atoms with Crippen molar-refractivity contribution in [2.75, 3.05) is 30.9 Å². The molecule has 1 aromatic carbocycles. The van der Waals surface area contributed by atoms with Gasteiger partial charge in [0.25, 0.3) is 5.56 Å². The van der Waals surface area contributed by atoms with Gasteiger partial charge in [0.05, 0.1) is 12.2 Å². The number of carbonyl (C=O) groups is 1. The van der Waals surface area contributed by atoms with Crippen LogP contribution in [0.15, 0.2) is 46.1 Å². The minimum absolute atomic E-state index is 0.174. The highest BCUT2D eigenvalue weighted by Gasteiger charge is 2.42. The third-order valence-corrected chi connectivity index (χ3v) is 5.58. The number of hydrogen-bond donors (Lipinski definition) is 1. The summed E-state index contributed by atoms with van der Waals surface area (Å²) in [5.41, 5.74) is 1.61. The van der Waals surface area contributed by atoms with E-state index in [-0.39, 0.29) is 12.5 Å². The first-order valence-corrected chi connectivity index (χ1v) is 10.2. The van der Waals surface area contributed by atoms with E-state index in [0.717, 1.165) is 15.8 Å². The topological polar surface area (TPSA) is 85.6 Å². The molecule has 0 aliphatic carbocycles. The predicted octanol–water partition coefficient (Wildman–Crippen LogP) is 2.04. The minimum Gasteiger partial charge on any atom is -0.465 e. The van der Waals surface area contributed by atoms with Crippen molar-refractivity contribution in [1.29, 1.82) is 0 Å². The number of ether oxygens (including phenoxy) is 1. The Bertz CT molecular complexity index is 1130. The molecule has 0 unspecified atom stereocenters. The molecule has 0 spiro atoms. The Morgan fingerprint density at radius 3 is 2.32 bits per heavy atom. The van der Waals surface area contributed by atoms with Crippen LogP contribution in [0, 0.1) is 11.8 Å². The van der Waals surface area contributed by atoms with Gasteiger partial charge in [0.2, 0.25) is 0 Å². The number of fused-ring (bicyclic) bond motifs is 1. The molecule has 31 heavy (non-hydrogen) atoms. The molecule has 1 aliphatic rings. The minimum atomic E-state index is -0.804. The van der Waals surface area contributed by atoms with E-state index in [9.17, 15) is 14.4 Å². The van der Waals surface area contributed by atoms with E-state index in [1.54, 1.807) is 7.05 Å². The normalized spacial score (nSPS) is 17.8. The number of carbonyl (C=O) groups excluding carboxylic acids is 1. The third kappa shape index (κ3) is 4.02. The van der Waals surface area contributed by atoms with Crippen LogP contribution in [0.25, 0.3) is 0 Å². The SMILES string of the molecule is C=C1Nc2c(c(=O)n(C)c(=O)n2C)[C@H](c2ccc(N(C)C)cc2)[C@H]1C(=O)OCC(C)C. The molecule has 166 valence electrons. The van der Waals surface area contributed by atoms with Crippen molar-refractivity contribution in [3.05, 3.63) is 68.5 Å². The molecule has 0 saturated heterocycles. The molecule has 0 saturated carbocycles. The van der Waals surface area contributed by atoms with Gasteiger partial charge in [-0.05, 0) is 23.6 Å². The number of nitrogens with zero attached hydrogens (tertiary/aromatic N) is 3. The zero-order valence-corrected chi connectivity index (χ0v) is 18.9. The summed E-state index contributed by atoms with van der Waals surface area (Å²) in [4.78, 5) is 40.8. The lowest BCUT2D eigenvalue weighted by Gasteiger charge is -2.35. The van der Waals surface area contributed by atoms with Crippen LogP contribution in [0.2, 0.25) is 0 Å². The summed E-state index contributed by atoms with van der Waals surface area (Å²) in [6, 6.07) is 7.66. The van der Waals surface area contributed by atoms with Gasteiger partial charge in [-0.1, -0.05) is 32.6 Å². The van der Waals surface area contributed by atoms with Crippen molar-refractivity contribution in [2.45, 2.75) is 19.8 Å². The van der Waals surface area contributed by atoms with Crippen molar-refractivity contribution >= 4 is 17.5 Å². The summed E-state index contributed by atoms with van der Waals surface area (Å²) in [6.45, 7) is 8.23. The first-order valence-electron chi connectivity index (χ1n) is 10.2. The van der Waals surface area contributed by atoms with E-state index < -0.39 is 29.1 Å². The Morgan fingerprint density at radius 1 is 1.16 bits per heavy atom. The van der Waals surface area contributed by atoms with Crippen LogP contribution >= 0.6 is 0 Å². The van der Waals surface area contributed by atoms with Crippen molar-refractivity contribution in [3.8, 4) is 0 Å². The van der Waals surface area contributed by atoms with E-state index in [0.29, 0.717) is 17.1 Å². The fourth-order valence-electron chi connectivity index (χ4n) is 3.86. The Balaban J connectivity index is 2.23. The first kappa shape index (κ1) is 22.4. The summed E-state index contributed by atoms with van der Waals surface area (Å²) >= 11 is 0. The summed E-state index contributed by atoms with van der Waals surface area (Å²) in [7, 11) is 6.90. The second-order valence-electron chi connectivity index (χ2n) is 8.58. The molecular formula is C23H30N4O4. The smallest absolute Gasteiger partial charge is 0.332 e. The molecule has 8 heteroatoms. The second-order valence-corrected chi connectivity index (χ2v) is 8.58. The number of rotatable bonds is 5. The molecule has 0 amide bonds. The van der Waals surface area contributed by atoms with Crippen LogP contribution in [-0.4, -0.2) is 35.8 Å². The highest BCUT2D eigenvalue weighted by molar-refractivity contribution is 5.81. The standard InChI is InChI=1S/C23H30N4O4/c1-13(2)12-31-22(29)17-14(3)24-20-19(21(28)27(7)23(30)26(20)6)18(17)15-8-10-16(11-9-15)25(4)5/h8-11,13,17-18,24H,3,12H2,1-2,4-7H3/t17-,18+/m0/s1. The Hall–Kier alpha value is -3.29.